The number of nitrogen functional groups attached to an aromatic ring is 1. The third kappa shape index (κ3) is 1.84. The van der Waals surface area contributed by atoms with Crippen molar-refractivity contribution in [3.63, 3.8) is 0 Å². The molecule has 3 rings (SSSR count). The highest BCUT2D eigenvalue weighted by atomic mass is 35.5. The molecular formula is C12H12ClN3O3. The Balaban J connectivity index is 2.19. The van der Waals surface area contributed by atoms with Crippen molar-refractivity contribution in [2.75, 3.05) is 18.9 Å². The summed E-state index contributed by atoms with van der Waals surface area (Å²) in [6.07, 6.45) is 0. The number of phenols is 1. The third-order valence-electron chi connectivity index (χ3n) is 2.94. The third-order valence-corrected chi connectivity index (χ3v) is 3.29. The Morgan fingerprint density at radius 1 is 1.37 bits per heavy atom. The largest absolute Gasteiger partial charge is 0.506 e. The van der Waals surface area contributed by atoms with Crippen molar-refractivity contribution in [1.82, 2.24) is 9.78 Å². The topological polar surface area (TPSA) is 82.5 Å². The molecule has 100 valence electrons. The number of fused-ring (bicyclic) bond motifs is 1. The zero-order chi connectivity index (χ0) is 13.6. The summed E-state index contributed by atoms with van der Waals surface area (Å²) in [5.74, 6) is 1.25. The van der Waals surface area contributed by atoms with E-state index in [0.717, 1.165) is 0 Å². The van der Waals surface area contributed by atoms with Crippen LogP contribution < -0.4 is 15.2 Å². The number of nitrogens with zero attached hydrogens (tertiary/aromatic N) is 2. The Kier molecular flexibility index (Phi) is 2.67. The Morgan fingerprint density at radius 2 is 2.11 bits per heavy atom. The van der Waals surface area contributed by atoms with Crippen molar-refractivity contribution >= 4 is 17.4 Å². The van der Waals surface area contributed by atoms with Crippen molar-refractivity contribution in [3.05, 3.63) is 17.2 Å². The van der Waals surface area contributed by atoms with Crippen LogP contribution in [0.25, 0.3) is 11.3 Å². The lowest BCUT2D eigenvalue weighted by molar-refractivity contribution is 0.171. The van der Waals surface area contributed by atoms with Crippen molar-refractivity contribution in [2.45, 2.75) is 0 Å². The lowest BCUT2D eigenvalue weighted by Gasteiger charge is -2.20. The van der Waals surface area contributed by atoms with E-state index in [1.165, 1.54) is 4.68 Å². The van der Waals surface area contributed by atoms with Crippen LogP contribution in [0, 0.1) is 0 Å². The number of benzene rings is 1. The first-order valence-corrected chi connectivity index (χ1v) is 6.06. The van der Waals surface area contributed by atoms with Gasteiger partial charge in [-0.3, -0.25) is 4.68 Å². The van der Waals surface area contributed by atoms with E-state index in [9.17, 15) is 5.11 Å². The molecule has 0 radical (unpaired) electrons. The quantitative estimate of drug-likeness (QED) is 0.833. The van der Waals surface area contributed by atoms with Crippen LogP contribution in [0.4, 0.5) is 5.82 Å². The van der Waals surface area contributed by atoms with Gasteiger partial charge in [-0.2, -0.15) is 5.10 Å². The number of phenolic OH excluding ortho intramolecular Hbond substituents is 1. The number of hydrogen-bond donors (Lipinski definition) is 2. The second-order valence-corrected chi connectivity index (χ2v) is 4.57. The molecule has 19 heavy (non-hydrogen) atoms. The highest BCUT2D eigenvalue weighted by Crippen LogP contribution is 2.48. The molecule has 2 aromatic rings. The van der Waals surface area contributed by atoms with Crippen LogP contribution in [-0.4, -0.2) is 28.1 Å². The number of aromatic nitrogens is 2. The first-order chi connectivity index (χ1) is 9.08. The predicted octanol–water partition coefficient (Wildman–Crippen LogP) is 1.80. The fourth-order valence-corrected chi connectivity index (χ4v) is 2.19. The fraction of sp³-hybridized carbons (Fsp3) is 0.250. The first kappa shape index (κ1) is 12.0. The van der Waals surface area contributed by atoms with Gasteiger partial charge in [0.15, 0.2) is 11.5 Å². The van der Waals surface area contributed by atoms with Crippen LogP contribution in [0.2, 0.25) is 5.02 Å². The Bertz CT molecular complexity index is 635. The molecule has 0 saturated carbocycles. The maximum absolute atomic E-state index is 10.1. The lowest BCUT2D eigenvalue weighted by atomic mass is 10.1. The van der Waals surface area contributed by atoms with Crippen molar-refractivity contribution in [2.24, 2.45) is 7.05 Å². The normalized spacial score (nSPS) is 13.6. The van der Waals surface area contributed by atoms with Gasteiger partial charge in [0.05, 0.1) is 5.69 Å². The average Bonchev–Trinajstić information content (AvgIpc) is 2.74. The molecule has 1 aromatic carbocycles. The van der Waals surface area contributed by atoms with Crippen LogP contribution in [0.5, 0.6) is 17.2 Å². The molecule has 3 N–H and O–H groups in total. The van der Waals surface area contributed by atoms with Gasteiger partial charge in [-0.15, -0.1) is 0 Å². The minimum atomic E-state index is -0.0935. The second-order valence-electron chi connectivity index (χ2n) is 4.19. The van der Waals surface area contributed by atoms with Crippen LogP contribution in [-0.2, 0) is 7.05 Å². The van der Waals surface area contributed by atoms with Crippen LogP contribution >= 0.6 is 11.6 Å². The van der Waals surface area contributed by atoms with Crippen LogP contribution in [0.1, 0.15) is 0 Å². The molecule has 0 atom stereocenters. The summed E-state index contributed by atoms with van der Waals surface area (Å²) in [6, 6.07) is 3.30. The number of halogens is 1. The van der Waals surface area contributed by atoms with Gasteiger partial charge in [-0.05, 0) is 6.07 Å². The zero-order valence-electron chi connectivity index (χ0n) is 10.2. The van der Waals surface area contributed by atoms with Crippen molar-refractivity contribution in [1.29, 1.82) is 0 Å². The number of aryl methyl sites for hydroxylation is 1. The smallest absolute Gasteiger partial charge is 0.183 e. The van der Waals surface area contributed by atoms with E-state index in [1.807, 2.05) is 0 Å². The fourth-order valence-electron chi connectivity index (χ4n) is 1.94. The average molecular weight is 282 g/mol. The molecule has 0 saturated heterocycles. The van der Waals surface area contributed by atoms with E-state index < -0.39 is 0 Å². The Labute approximate surface area is 114 Å². The van der Waals surface area contributed by atoms with Crippen molar-refractivity contribution in [3.8, 4) is 28.5 Å². The van der Waals surface area contributed by atoms with E-state index >= 15 is 0 Å². The van der Waals surface area contributed by atoms with Gasteiger partial charge < -0.3 is 20.3 Å². The van der Waals surface area contributed by atoms with Gasteiger partial charge >= 0.3 is 0 Å². The monoisotopic (exact) mass is 281 g/mol. The van der Waals surface area contributed by atoms with Gasteiger partial charge in [0.2, 0.25) is 0 Å². The lowest BCUT2D eigenvalue weighted by Crippen LogP contribution is -2.15. The van der Waals surface area contributed by atoms with E-state index in [2.05, 4.69) is 5.10 Å². The molecule has 1 aliphatic heterocycles. The number of aromatic hydroxyl groups is 1. The van der Waals surface area contributed by atoms with E-state index in [1.54, 1.807) is 19.2 Å². The predicted molar refractivity (Wildman–Crippen MR) is 70.7 cm³/mol. The standard InChI is InChI=1S/C12H12ClN3O3/c1-16-9(14)5-7(15-16)6-4-8-12(10(13)11(6)17)19-3-2-18-8/h4-5,17H,2-3,14H2,1H3. The summed E-state index contributed by atoms with van der Waals surface area (Å²) in [6.45, 7) is 0.847. The van der Waals surface area contributed by atoms with Crippen LogP contribution in [0.15, 0.2) is 12.1 Å². The van der Waals surface area contributed by atoms with Crippen LogP contribution in [0.3, 0.4) is 0 Å². The number of ether oxygens (including phenoxy) is 2. The summed E-state index contributed by atoms with van der Waals surface area (Å²) >= 11 is 6.09. The number of nitrogens with two attached hydrogens (primary N) is 1. The van der Waals surface area contributed by atoms with Gasteiger partial charge in [0, 0.05) is 18.7 Å². The molecule has 0 fully saturated rings. The van der Waals surface area contributed by atoms with Gasteiger partial charge in [-0.25, -0.2) is 0 Å². The van der Waals surface area contributed by atoms with E-state index in [4.69, 9.17) is 26.8 Å². The minimum Gasteiger partial charge on any atom is -0.506 e. The summed E-state index contributed by atoms with van der Waals surface area (Å²) in [5.41, 5.74) is 6.72. The summed E-state index contributed by atoms with van der Waals surface area (Å²) in [5, 5.41) is 14.5. The van der Waals surface area contributed by atoms with E-state index in [0.29, 0.717) is 41.8 Å². The summed E-state index contributed by atoms with van der Waals surface area (Å²) in [4.78, 5) is 0. The van der Waals surface area contributed by atoms with Gasteiger partial charge in [0.1, 0.15) is 29.8 Å². The zero-order valence-corrected chi connectivity index (χ0v) is 10.9. The number of hydrogen-bond acceptors (Lipinski definition) is 5. The highest BCUT2D eigenvalue weighted by Gasteiger charge is 2.23. The van der Waals surface area contributed by atoms with Gasteiger partial charge in [-0.1, -0.05) is 11.6 Å². The molecule has 6 nitrogen and oxygen atoms in total. The van der Waals surface area contributed by atoms with Crippen molar-refractivity contribution < 1.29 is 14.6 Å². The second kappa shape index (κ2) is 4.24. The number of rotatable bonds is 1. The highest BCUT2D eigenvalue weighted by molar-refractivity contribution is 6.34. The van der Waals surface area contributed by atoms with E-state index in [-0.39, 0.29) is 10.8 Å². The summed E-state index contributed by atoms with van der Waals surface area (Å²) in [7, 11) is 1.72. The van der Waals surface area contributed by atoms with Gasteiger partial charge in [0.25, 0.3) is 0 Å². The maximum atomic E-state index is 10.1. The summed E-state index contributed by atoms with van der Waals surface area (Å²) < 4.78 is 12.4. The molecule has 0 amide bonds. The SMILES string of the molecule is Cn1nc(-c2cc3c(c(Cl)c2O)OCCO3)cc1N. The first-order valence-electron chi connectivity index (χ1n) is 5.69. The maximum Gasteiger partial charge on any atom is 0.183 e. The molecule has 0 unspecified atom stereocenters. The molecular weight excluding hydrogens is 270 g/mol. The molecule has 1 aromatic heterocycles. The molecule has 0 bridgehead atoms. The number of anilines is 1. The molecule has 0 spiro atoms. The molecule has 1 aliphatic rings. The Morgan fingerprint density at radius 3 is 2.79 bits per heavy atom. The minimum absolute atomic E-state index is 0.0935. The molecule has 0 aliphatic carbocycles. The Hall–Kier alpha value is -2.08. The molecule has 7 heteroatoms. The molecule has 2 heterocycles.